The van der Waals surface area contributed by atoms with Crippen LogP contribution in [0.4, 0.5) is 0 Å². The van der Waals surface area contributed by atoms with E-state index in [9.17, 15) is 10.1 Å². The summed E-state index contributed by atoms with van der Waals surface area (Å²) in [5.74, 6) is -0.165. The number of rotatable bonds is 4. The summed E-state index contributed by atoms with van der Waals surface area (Å²) in [6.45, 7) is 1.23. The largest absolute Gasteiger partial charge is 0.298 e. The van der Waals surface area contributed by atoms with E-state index < -0.39 is 5.92 Å². The summed E-state index contributed by atoms with van der Waals surface area (Å²) in [6.07, 6.45) is 1.59. The van der Waals surface area contributed by atoms with Gasteiger partial charge >= 0.3 is 0 Å². The van der Waals surface area contributed by atoms with E-state index in [2.05, 4.69) is 37.9 Å². The van der Waals surface area contributed by atoms with Gasteiger partial charge in [0.15, 0.2) is 0 Å². The highest BCUT2D eigenvalue weighted by molar-refractivity contribution is 9.10. The topological polar surface area (TPSA) is 61.9 Å². The molecule has 2 heterocycles. The number of aromatic nitrogens is 2. The molecule has 134 valence electrons. The number of nitrogens with zero attached hydrogens (tertiary/aromatic N) is 4. The number of halogens is 1. The number of hydrogen-bond acceptors (Lipinski definition) is 4. The Morgan fingerprint density at radius 3 is 2.70 bits per heavy atom. The second kappa shape index (κ2) is 7.10. The Bertz CT molecular complexity index is 1110. The summed E-state index contributed by atoms with van der Waals surface area (Å²) >= 11 is 3.56. The molecule has 3 aromatic rings. The summed E-state index contributed by atoms with van der Waals surface area (Å²) in [5, 5.41) is 9.78. The molecule has 0 aliphatic carbocycles. The molecule has 1 atom stereocenters. The smallest absolute Gasteiger partial charge is 0.256 e. The molecule has 1 aliphatic rings. The lowest BCUT2D eigenvalue weighted by atomic mass is 9.95. The van der Waals surface area contributed by atoms with E-state index in [1.54, 1.807) is 10.6 Å². The Morgan fingerprint density at radius 2 is 1.93 bits per heavy atom. The van der Waals surface area contributed by atoms with E-state index in [1.807, 2.05) is 49.5 Å². The van der Waals surface area contributed by atoms with Crippen molar-refractivity contribution < 1.29 is 4.79 Å². The molecule has 4 rings (SSSR count). The minimum atomic E-state index is -0.531. The molecular formula is C21H17BrN4O. The molecule has 2 aromatic carbocycles. The average Bonchev–Trinajstić information content (AvgIpc) is 3.03. The first-order valence-electron chi connectivity index (χ1n) is 8.62. The number of para-hydroxylation sites is 2. The Balaban J connectivity index is 1.63. The van der Waals surface area contributed by atoms with E-state index in [0.29, 0.717) is 18.9 Å². The maximum atomic E-state index is 12.7. The molecule has 5 nitrogen and oxygen atoms in total. The third-order valence-corrected chi connectivity index (χ3v) is 5.50. The number of hydrogen-bond donors (Lipinski definition) is 0. The minimum Gasteiger partial charge on any atom is -0.298 e. The van der Waals surface area contributed by atoms with Gasteiger partial charge in [0.1, 0.15) is 11.7 Å². The van der Waals surface area contributed by atoms with E-state index in [0.717, 1.165) is 26.6 Å². The molecule has 0 saturated carbocycles. The van der Waals surface area contributed by atoms with Crippen molar-refractivity contribution in [2.75, 3.05) is 13.6 Å². The fraction of sp³-hybridized carbons (Fsp3) is 0.190. The molecule has 0 saturated heterocycles. The number of allylic oxidation sites excluding steroid dienone is 1. The number of nitriles is 1. The zero-order valence-electron chi connectivity index (χ0n) is 14.8. The molecule has 0 amide bonds. The maximum Gasteiger partial charge on any atom is 0.256 e. The van der Waals surface area contributed by atoms with Gasteiger partial charge in [-0.15, -0.1) is 0 Å². The van der Waals surface area contributed by atoms with Crippen LogP contribution in [0.5, 0.6) is 0 Å². The van der Waals surface area contributed by atoms with Crippen molar-refractivity contribution in [1.29, 1.82) is 5.26 Å². The first kappa shape index (κ1) is 17.7. The first-order valence-corrected chi connectivity index (χ1v) is 9.41. The van der Waals surface area contributed by atoms with Crippen molar-refractivity contribution in [3.8, 4) is 6.07 Å². The molecule has 0 N–H and O–H groups in total. The molecule has 0 radical (unpaired) electrons. The van der Waals surface area contributed by atoms with Crippen LogP contribution in [0.15, 0.2) is 64.7 Å². The van der Waals surface area contributed by atoms with Crippen LogP contribution in [0.3, 0.4) is 0 Å². The highest BCUT2D eigenvalue weighted by Gasteiger charge is 2.31. The van der Waals surface area contributed by atoms with Crippen LogP contribution in [0, 0.1) is 11.3 Å². The Kier molecular flexibility index (Phi) is 4.65. The van der Waals surface area contributed by atoms with E-state index >= 15 is 0 Å². The van der Waals surface area contributed by atoms with Crippen molar-refractivity contribution in [2.45, 2.75) is 12.5 Å². The molecule has 1 aromatic heterocycles. The standard InChI is InChI=1S/C21H17BrN4O/c1-25(12-14-6-2-3-7-17(14)22)13-15-10-20(27)26-19-9-5-4-8-18(19)24-21(26)16(15)11-23/h2-10,16H,12-13H2,1H3/t16-/m0/s1. The van der Waals surface area contributed by atoms with Gasteiger partial charge in [0.25, 0.3) is 5.91 Å². The quantitative estimate of drug-likeness (QED) is 0.636. The summed E-state index contributed by atoms with van der Waals surface area (Å²) in [4.78, 5) is 19.4. The zero-order chi connectivity index (χ0) is 19.0. The average molecular weight is 421 g/mol. The minimum absolute atomic E-state index is 0.144. The van der Waals surface area contributed by atoms with Crippen molar-refractivity contribution in [3.05, 3.63) is 76.0 Å². The molecule has 27 heavy (non-hydrogen) atoms. The van der Waals surface area contributed by atoms with Crippen LogP contribution < -0.4 is 0 Å². The molecule has 1 aliphatic heterocycles. The third-order valence-electron chi connectivity index (χ3n) is 4.72. The van der Waals surface area contributed by atoms with Gasteiger partial charge in [0.05, 0.1) is 17.1 Å². The van der Waals surface area contributed by atoms with Gasteiger partial charge < -0.3 is 0 Å². The fourth-order valence-corrected chi connectivity index (χ4v) is 3.91. The van der Waals surface area contributed by atoms with Gasteiger partial charge in [-0.1, -0.05) is 46.3 Å². The maximum absolute atomic E-state index is 12.7. The number of carbonyl (C=O) groups excluding carboxylic acids is 1. The zero-order valence-corrected chi connectivity index (χ0v) is 16.3. The Labute approximate surface area is 165 Å². The van der Waals surface area contributed by atoms with Crippen molar-refractivity contribution in [3.63, 3.8) is 0 Å². The predicted molar refractivity (Wildman–Crippen MR) is 107 cm³/mol. The van der Waals surface area contributed by atoms with Crippen LogP contribution in [0.2, 0.25) is 0 Å². The third kappa shape index (κ3) is 3.20. The van der Waals surface area contributed by atoms with Crippen molar-refractivity contribution in [2.24, 2.45) is 0 Å². The van der Waals surface area contributed by atoms with E-state index in [4.69, 9.17) is 0 Å². The SMILES string of the molecule is CN(CC1=CC(=O)n2c(nc3ccccc32)[C@H]1C#N)Cc1ccccc1Br. The molecule has 0 unspecified atom stereocenters. The van der Waals surface area contributed by atoms with Gasteiger partial charge in [0, 0.05) is 23.6 Å². The van der Waals surface area contributed by atoms with Crippen molar-refractivity contribution in [1.82, 2.24) is 14.5 Å². The monoisotopic (exact) mass is 420 g/mol. The van der Waals surface area contributed by atoms with Crippen LogP contribution in [-0.2, 0) is 6.54 Å². The molecular weight excluding hydrogens is 404 g/mol. The number of imidazole rings is 1. The van der Waals surface area contributed by atoms with Crippen LogP contribution in [0.25, 0.3) is 11.0 Å². The summed E-state index contributed by atoms with van der Waals surface area (Å²) in [7, 11) is 1.98. The molecule has 6 heteroatoms. The second-order valence-corrected chi connectivity index (χ2v) is 7.53. The fourth-order valence-electron chi connectivity index (χ4n) is 3.50. The van der Waals surface area contributed by atoms with Gasteiger partial charge in [-0.25, -0.2) is 4.98 Å². The van der Waals surface area contributed by atoms with Crippen LogP contribution in [-0.4, -0.2) is 34.0 Å². The molecule has 0 fully saturated rings. The van der Waals surface area contributed by atoms with E-state index in [-0.39, 0.29) is 5.91 Å². The molecule has 0 bridgehead atoms. The van der Waals surface area contributed by atoms with Crippen LogP contribution in [0.1, 0.15) is 22.1 Å². The van der Waals surface area contributed by atoms with Gasteiger partial charge in [0.2, 0.25) is 0 Å². The Hall–Kier alpha value is -2.75. The van der Waals surface area contributed by atoms with Gasteiger partial charge in [-0.2, -0.15) is 5.26 Å². The number of benzene rings is 2. The Morgan fingerprint density at radius 1 is 1.19 bits per heavy atom. The molecule has 0 spiro atoms. The predicted octanol–water partition coefficient (Wildman–Crippen LogP) is 4.12. The normalized spacial score (nSPS) is 16.3. The highest BCUT2D eigenvalue weighted by Crippen LogP contribution is 2.31. The number of fused-ring (bicyclic) bond motifs is 3. The van der Waals surface area contributed by atoms with Crippen molar-refractivity contribution >= 4 is 32.9 Å². The van der Waals surface area contributed by atoms with E-state index in [1.165, 1.54) is 0 Å². The van der Waals surface area contributed by atoms with Crippen LogP contribution >= 0.6 is 15.9 Å². The first-order chi connectivity index (χ1) is 13.1. The van der Waals surface area contributed by atoms with Gasteiger partial charge in [-0.05, 0) is 36.4 Å². The van der Waals surface area contributed by atoms with Gasteiger partial charge in [-0.3, -0.25) is 14.3 Å². The summed E-state index contributed by atoms with van der Waals surface area (Å²) in [6, 6.07) is 17.8. The number of likely N-dealkylation sites (N-methyl/N-ethyl adjacent to an activating group) is 1. The summed E-state index contributed by atoms with van der Waals surface area (Å²) in [5.41, 5.74) is 3.41. The lowest BCUT2D eigenvalue weighted by molar-refractivity contribution is 0.0963. The highest BCUT2D eigenvalue weighted by atomic mass is 79.9. The summed E-state index contributed by atoms with van der Waals surface area (Å²) < 4.78 is 2.60. The second-order valence-electron chi connectivity index (χ2n) is 6.68. The lowest BCUT2D eigenvalue weighted by Gasteiger charge is -2.24. The lowest BCUT2D eigenvalue weighted by Crippen LogP contribution is -2.28. The number of carbonyl (C=O) groups is 1.